The van der Waals surface area contributed by atoms with Crippen molar-refractivity contribution in [1.29, 1.82) is 0 Å². The lowest BCUT2D eigenvalue weighted by Gasteiger charge is -2.22. The summed E-state index contributed by atoms with van der Waals surface area (Å²) < 4.78 is 2.60. The van der Waals surface area contributed by atoms with Crippen LogP contribution in [0.2, 0.25) is 0 Å². The van der Waals surface area contributed by atoms with Gasteiger partial charge in [0.1, 0.15) is 3.79 Å². The number of hydrogen-bond donors (Lipinski definition) is 1. The third-order valence-corrected chi connectivity index (χ3v) is 5.05. The molecule has 1 aliphatic carbocycles. The molecule has 1 atom stereocenters. The number of aryl methyl sites for hydroxylation is 3. The molecule has 0 spiro atoms. The largest absolute Gasteiger partial charge is 0.344 e. The summed E-state index contributed by atoms with van der Waals surface area (Å²) in [6.45, 7) is 1.89. The molecule has 0 saturated carbocycles. The number of amides is 1. The Kier molecular flexibility index (Phi) is 3.64. The predicted molar refractivity (Wildman–Crippen MR) is 80.9 cm³/mol. The van der Waals surface area contributed by atoms with Crippen molar-refractivity contribution < 1.29 is 4.79 Å². The number of nitrogens with zero attached hydrogens (tertiary/aromatic N) is 3. The van der Waals surface area contributed by atoms with Crippen molar-refractivity contribution in [2.45, 2.75) is 32.2 Å². The quantitative estimate of drug-likeness (QED) is 0.901. The Morgan fingerprint density at radius 1 is 1.60 bits per heavy atom. The van der Waals surface area contributed by atoms with Gasteiger partial charge in [0.05, 0.1) is 16.7 Å². The molecule has 0 aromatic carbocycles. The molecular weight excluding hydrogens is 340 g/mol. The van der Waals surface area contributed by atoms with E-state index in [9.17, 15) is 4.79 Å². The summed E-state index contributed by atoms with van der Waals surface area (Å²) in [6, 6.07) is 0.0360. The summed E-state index contributed by atoms with van der Waals surface area (Å²) in [7, 11) is 1.91. The second-order valence-electron chi connectivity index (χ2n) is 4.98. The van der Waals surface area contributed by atoms with Crippen LogP contribution < -0.4 is 5.32 Å². The van der Waals surface area contributed by atoms with Crippen LogP contribution in [0.4, 0.5) is 0 Å². The average Bonchev–Trinajstić information content (AvgIpc) is 2.91. The molecule has 1 amide bonds. The molecule has 0 radical (unpaired) electrons. The van der Waals surface area contributed by atoms with E-state index in [-0.39, 0.29) is 11.9 Å². The summed E-state index contributed by atoms with van der Waals surface area (Å²) in [6.07, 6.45) is 4.99. The van der Waals surface area contributed by atoms with E-state index in [1.165, 1.54) is 11.3 Å². The zero-order valence-electron chi connectivity index (χ0n) is 11.3. The van der Waals surface area contributed by atoms with E-state index in [1.54, 1.807) is 0 Å². The number of aromatic nitrogens is 3. The van der Waals surface area contributed by atoms with E-state index in [2.05, 4.69) is 31.3 Å². The van der Waals surface area contributed by atoms with E-state index >= 15 is 0 Å². The van der Waals surface area contributed by atoms with E-state index in [4.69, 9.17) is 0 Å². The molecule has 0 aliphatic heterocycles. The van der Waals surface area contributed by atoms with Crippen LogP contribution >= 0.6 is 27.3 Å². The van der Waals surface area contributed by atoms with E-state index in [0.717, 1.165) is 39.3 Å². The van der Waals surface area contributed by atoms with Crippen molar-refractivity contribution in [1.82, 2.24) is 20.1 Å². The average molecular weight is 355 g/mol. The zero-order chi connectivity index (χ0) is 14.3. The smallest absolute Gasteiger partial charge is 0.272 e. The number of nitrogens with one attached hydrogen (secondary N) is 1. The number of fused-ring (bicyclic) bond motifs is 1. The van der Waals surface area contributed by atoms with Crippen LogP contribution in [-0.4, -0.2) is 20.7 Å². The second-order valence-corrected chi connectivity index (χ2v) is 7.50. The van der Waals surface area contributed by atoms with Crippen LogP contribution in [-0.2, 0) is 13.5 Å². The van der Waals surface area contributed by atoms with Crippen molar-refractivity contribution >= 4 is 33.2 Å². The highest BCUT2D eigenvalue weighted by atomic mass is 79.9. The van der Waals surface area contributed by atoms with Gasteiger partial charge in [0.25, 0.3) is 5.91 Å². The number of halogens is 1. The Bertz CT molecular complexity index is 663. The maximum Gasteiger partial charge on any atom is 0.272 e. The molecule has 5 nitrogen and oxygen atoms in total. The number of carbonyl (C=O) groups is 1. The molecule has 7 heteroatoms. The molecule has 0 saturated heterocycles. The van der Waals surface area contributed by atoms with E-state index < -0.39 is 0 Å². The Labute approximate surface area is 129 Å². The van der Waals surface area contributed by atoms with Crippen LogP contribution in [0.3, 0.4) is 0 Å². The summed E-state index contributed by atoms with van der Waals surface area (Å²) in [5.74, 6) is -0.122. The van der Waals surface area contributed by atoms with Crippen molar-refractivity contribution in [2.24, 2.45) is 7.05 Å². The Morgan fingerprint density at radius 3 is 3.10 bits per heavy atom. The first-order valence-electron chi connectivity index (χ1n) is 6.51. The fraction of sp³-hybridized carbons (Fsp3) is 0.462. The fourth-order valence-electron chi connectivity index (χ4n) is 2.59. The molecule has 3 rings (SSSR count). The van der Waals surface area contributed by atoms with Crippen molar-refractivity contribution in [2.75, 3.05) is 0 Å². The molecule has 2 aromatic heterocycles. The van der Waals surface area contributed by atoms with Crippen molar-refractivity contribution in [3.8, 4) is 0 Å². The van der Waals surface area contributed by atoms with Crippen molar-refractivity contribution in [3.63, 3.8) is 0 Å². The molecule has 0 bridgehead atoms. The molecule has 0 fully saturated rings. The van der Waals surface area contributed by atoms with Crippen molar-refractivity contribution in [3.05, 3.63) is 31.9 Å². The summed E-state index contributed by atoms with van der Waals surface area (Å²) >= 11 is 4.87. The number of thiazole rings is 1. The van der Waals surface area contributed by atoms with Gasteiger partial charge >= 0.3 is 0 Å². The Balaban J connectivity index is 1.82. The van der Waals surface area contributed by atoms with Crippen LogP contribution in [0.15, 0.2) is 9.98 Å². The fourth-order valence-corrected chi connectivity index (χ4v) is 4.19. The molecule has 2 aromatic rings. The van der Waals surface area contributed by atoms with Gasteiger partial charge < -0.3 is 5.32 Å². The predicted octanol–water partition coefficient (Wildman–Crippen LogP) is 2.75. The molecule has 1 unspecified atom stereocenters. The third-order valence-electron chi connectivity index (χ3n) is 3.43. The maximum absolute atomic E-state index is 12.3. The second kappa shape index (κ2) is 5.29. The van der Waals surface area contributed by atoms with Crippen LogP contribution in [0.5, 0.6) is 0 Å². The lowest BCUT2D eigenvalue weighted by Crippen LogP contribution is -2.31. The minimum absolute atomic E-state index is 0.0360. The highest BCUT2D eigenvalue weighted by Gasteiger charge is 2.26. The van der Waals surface area contributed by atoms with Gasteiger partial charge in [-0.05, 0) is 42.1 Å². The van der Waals surface area contributed by atoms with E-state index in [0.29, 0.717) is 5.69 Å². The topological polar surface area (TPSA) is 59.8 Å². The number of hydrogen-bond acceptors (Lipinski definition) is 4. The Morgan fingerprint density at radius 2 is 2.40 bits per heavy atom. The Hall–Kier alpha value is -1.21. The van der Waals surface area contributed by atoms with Crippen LogP contribution in [0, 0.1) is 6.92 Å². The molecular formula is C13H15BrN4OS. The van der Waals surface area contributed by atoms with Crippen LogP contribution in [0.1, 0.15) is 45.6 Å². The van der Waals surface area contributed by atoms with Gasteiger partial charge in [-0.3, -0.25) is 9.48 Å². The van der Waals surface area contributed by atoms with Gasteiger partial charge in [-0.15, -0.1) is 11.3 Å². The SMILES string of the molecule is Cc1nc(C(=O)NC2CCCc3nn(C)cc32)c(Br)s1. The van der Waals surface area contributed by atoms with Gasteiger partial charge in [-0.2, -0.15) is 5.10 Å². The summed E-state index contributed by atoms with van der Waals surface area (Å²) in [5, 5.41) is 8.41. The molecule has 106 valence electrons. The first-order valence-corrected chi connectivity index (χ1v) is 8.11. The normalized spacial score (nSPS) is 17.9. The number of rotatable bonds is 2. The third kappa shape index (κ3) is 2.52. The van der Waals surface area contributed by atoms with E-state index in [1.807, 2.05) is 24.9 Å². The summed E-state index contributed by atoms with van der Waals surface area (Å²) in [4.78, 5) is 16.6. The molecule has 1 aliphatic rings. The molecule has 20 heavy (non-hydrogen) atoms. The lowest BCUT2D eigenvalue weighted by atomic mass is 9.93. The first kappa shape index (κ1) is 13.8. The van der Waals surface area contributed by atoms with Crippen LogP contribution in [0.25, 0.3) is 0 Å². The monoisotopic (exact) mass is 354 g/mol. The highest BCUT2D eigenvalue weighted by molar-refractivity contribution is 9.11. The van der Waals surface area contributed by atoms with Gasteiger partial charge in [0, 0.05) is 18.8 Å². The zero-order valence-corrected chi connectivity index (χ0v) is 13.7. The lowest BCUT2D eigenvalue weighted by molar-refractivity contribution is 0.0927. The molecule has 2 heterocycles. The first-order chi connectivity index (χ1) is 9.54. The minimum Gasteiger partial charge on any atom is -0.344 e. The van der Waals surface area contributed by atoms with Gasteiger partial charge in [0.2, 0.25) is 0 Å². The maximum atomic E-state index is 12.3. The van der Waals surface area contributed by atoms with Gasteiger partial charge in [-0.1, -0.05) is 0 Å². The highest BCUT2D eigenvalue weighted by Crippen LogP contribution is 2.30. The van der Waals surface area contributed by atoms with Gasteiger partial charge in [0.15, 0.2) is 5.69 Å². The number of carbonyl (C=O) groups excluding carboxylic acids is 1. The minimum atomic E-state index is -0.122. The standard InChI is InChI=1S/C13H15BrN4OS/c1-7-15-11(12(14)20-7)13(19)16-9-4-3-5-10-8(9)6-18(2)17-10/h6,9H,3-5H2,1-2H3,(H,16,19). The van der Waals surface area contributed by atoms with Gasteiger partial charge in [-0.25, -0.2) is 4.98 Å². The summed E-state index contributed by atoms with van der Waals surface area (Å²) in [5.41, 5.74) is 2.70. The molecule has 1 N–H and O–H groups in total.